The summed E-state index contributed by atoms with van der Waals surface area (Å²) in [5.74, 6) is -6.40. The van der Waals surface area contributed by atoms with Gasteiger partial charge in [-0.25, -0.2) is 27.6 Å². The Morgan fingerprint density at radius 3 is 1.75 bits per heavy atom. The molecule has 0 spiro atoms. The summed E-state index contributed by atoms with van der Waals surface area (Å²) in [5, 5.41) is 30.5. The van der Waals surface area contributed by atoms with E-state index in [0.29, 0.717) is 5.69 Å². The quantitative estimate of drug-likeness (QED) is 0.437. The van der Waals surface area contributed by atoms with Crippen molar-refractivity contribution >= 4 is 50.6 Å². The van der Waals surface area contributed by atoms with Crippen molar-refractivity contribution in [2.24, 2.45) is 0 Å². The lowest BCUT2D eigenvalue weighted by atomic mass is 10.2. The Balaban J connectivity index is 0.000000505. The van der Waals surface area contributed by atoms with Crippen molar-refractivity contribution in [2.45, 2.75) is 13.3 Å². The molecule has 0 saturated carbocycles. The maximum Gasteiger partial charge on any atom is 0.414 e. The third-order valence-electron chi connectivity index (χ3n) is 2.58. The second-order valence-electron chi connectivity index (χ2n) is 4.91. The molecule has 2 aromatic rings. The average molecular weight is 419 g/mol. The summed E-state index contributed by atoms with van der Waals surface area (Å²) in [7, 11) is -3.23. The van der Waals surface area contributed by atoms with Gasteiger partial charge >= 0.3 is 23.9 Å². The molecule has 1 aromatic heterocycles. The summed E-state index contributed by atoms with van der Waals surface area (Å²) < 4.78 is 30.1. The summed E-state index contributed by atoms with van der Waals surface area (Å²) in [6, 6.07) is 7.14. The minimum absolute atomic E-state index is 0.554. The van der Waals surface area contributed by atoms with Crippen molar-refractivity contribution in [3.05, 3.63) is 30.0 Å². The minimum atomic E-state index is -3.23. The first-order chi connectivity index (χ1) is 12.8. The number of rotatable bonds is 3. The fourth-order valence-electron chi connectivity index (χ4n) is 1.55. The van der Waals surface area contributed by atoms with Crippen molar-refractivity contribution < 1.29 is 52.4 Å². The first-order valence-electron chi connectivity index (χ1n) is 7.19. The molecule has 0 amide bonds. The highest BCUT2D eigenvalue weighted by molar-refractivity contribution is 7.92. The molecule has 1 heterocycles. The van der Waals surface area contributed by atoms with E-state index in [2.05, 4.69) is 4.72 Å². The maximum atomic E-state index is 11.1. The lowest BCUT2D eigenvalue weighted by Crippen LogP contribution is -2.09. The molecule has 12 nitrogen and oxygen atoms in total. The van der Waals surface area contributed by atoms with Crippen molar-refractivity contribution in [3.63, 3.8) is 0 Å². The van der Waals surface area contributed by atoms with Crippen molar-refractivity contribution in [1.82, 2.24) is 0 Å². The number of hydrogen-bond donors (Lipinski definition) is 5. The van der Waals surface area contributed by atoms with Crippen LogP contribution in [-0.4, -0.2) is 59.0 Å². The van der Waals surface area contributed by atoms with Crippen LogP contribution in [0.4, 0.5) is 5.69 Å². The number of carboxylic acids is 4. The largest absolute Gasteiger partial charge is 0.473 e. The highest BCUT2D eigenvalue weighted by Crippen LogP contribution is 2.23. The molecule has 0 aliphatic carbocycles. The molecule has 1 aromatic carbocycles. The van der Waals surface area contributed by atoms with E-state index in [9.17, 15) is 8.42 Å². The molecule has 0 fully saturated rings. The summed E-state index contributed by atoms with van der Waals surface area (Å²) in [4.78, 5) is 36.4. The number of hydrogen-bond acceptors (Lipinski definition) is 7. The first-order valence-corrected chi connectivity index (χ1v) is 9.08. The van der Waals surface area contributed by atoms with Gasteiger partial charge < -0.3 is 24.8 Å². The number of carboxylic acid groups (broad SMARTS) is 4. The Morgan fingerprint density at radius 1 is 0.929 bits per heavy atom. The monoisotopic (exact) mass is 419 g/mol. The van der Waals surface area contributed by atoms with E-state index in [4.69, 9.17) is 44.0 Å². The summed E-state index contributed by atoms with van der Waals surface area (Å²) >= 11 is 0. The molecule has 0 atom stereocenters. The second kappa shape index (κ2) is 10.5. The molecule has 28 heavy (non-hydrogen) atoms. The molecule has 0 unspecified atom stereocenters. The van der Waals surface area contributed by atoms with Gasteiger partial charge in [0.15, 0.2) is 0 Å². The van der Waals surface area contributed by atoms with E-state index in [1.165, 1.54) is 0 Å². The molecular formula is C15H17NO11S. The topological polar surface area (TPSA) is 209 Å². The van der Waals surface area contributed by atoms with Crippen molar-refractivity contribution in [3.8, 4) is 0 Å². The van der Waals surface area contributed by atoms with Crippen molar-refractivity contribution in [2.75, 3.05) is 11.0 Å². The molecule has 0 bridgehead atoms. The average Bonchev–Trinajstić information content (AvgIpc) is 2.96. The molecule has 5 N–H and O–H groups in total. The normalized spacial score (nSPS) is 9.93. The Labute approximate surface area is 158 Å². The van der Waals surface area contributed by atoms with Crippen LogP contribution in [0.5, 0.6) is 0 Å². The SMILES string of the molecule is CCc1cc2cc(NS(C)(=O)=O)ccc2o1.O=C(O)C(=O)O.O=C(O)C(=O)O. The zero-order chi connectivity index (χ0) is 22.1. The number of benzene rings is 1. The number of furan rings is 1. The number of aryl methyl sites for hydroxylation is 1. The molecule has 0 saturated heterocycles. The number of anilines is 1. The summed E-state index contributed by atoms with van der Waals surface area (Å²) in [5.41, 5.74) is 1.33. The molecule has 0 aliphatic heterocycles. The van der Waals surface area contributed by atoms with Crippen LogP contribution in [0.15, 0.2) is 28.7 Å². The van der Waals surface area contributed by atoms with E-state index >= 15 is 0 Å². The van der Waals surface area contributed by atoms with E-state index in [1.54, 1.807) is 18.2 Å². The lowest BCUT2D eigenvalue weighted by Gasteiger charge is -2.02. The number of aliphatic carboxylic acids is 4. The predicted molar refractivity (Wildman–Crippen MR) is 94.6 cm³/mol. The zero-order valence-corrected chi connectivity index (χ0v) is 15.4. The van der Waals surface area contributed by atoms with Crippen LogP contribution in [-0.2, 0) is 35.6 Å². The third kappa shape index (κ3) is 9.76. The molecule has 154 valence electrons. The lowest BCUT2D eigenvalue weighted by molar-refractivity contribution is -0.159. The van der Waals surface area contributed by atoms with Crippen molar-refractivity contribution in [1.29, 1.82) is 0 Å². The maximum absolute atomic E-state index is 11.1. The third-order valence-corrected chi connectivity index (χ3v) is 3.19. The minimum Gasteiger partial charge on any atom is -0.473 e. The molecule has 13 heteroatoms. The standard InChI is InChI=1S/C11H13NO3S.2C2H2O4/c1-3-10-7-8-6-9(12-16(2,13)14)4-5-11(8)15-10;2*3-1(4)2(5)6/h4-7,12H,3H2,1-2H3;2*(H,3,4)(H,5,6). The Bertz CT molecular complexity index is 927. The second-order valence-corrected chi connectivity index (χ2v) is 6.66. The van der Waals surface area contributed by atoms with E-state index in [0.717, 1.165) is 29.4 Å². The van der Waals surface area contributed by atoms with E-state index in [1.807, 2.05) is 13.0 Å². The number of carbonyl (C=O) groups is 4. The molecule has 0 radical (unpaired) electrons. The van der Waals surface area contributed by atoms with Gasteiger partial charge in [-0.3, -0.25) is 4.72 Å². The Hall–Kier alpha value is -3.61. The van der Waals surface area contributed by atoms with Crippen LogP contribution >= 0.6 is 0 Å². The van der Waals surface area contributed by atoms with E-state index < -0.39 is 33.9 Å². The van der Waals surface area contributed by atoms with Crippen LogP contribution in [0, 0.1) is 0 Å². The van der Waals surface area contributed by atoms with Crippen LogP contribution < -0.4 is 4.72 Å². The van der Waals surface area contributed by atoms with E-state index in [-0.39, 0.29) is 0 Å². The van der Waals surface area contributed by atoms with Gasteiger partial charge in [0.25, 0.3) is 0 Å². The van der Waals surface area contributed by atoms with Gasteiger partial charge in [0.2, 0.25) is 10.0 Å². The van der Waals surface area contributed by atoms with Gasteiger partial charge in [0, 0.05) is 17.5 Å². The van der Waals surface area contributed by atoms with Crippen LogP contribution in [0.25, 0.3) is 11.0 Å². The summed E-state index contributed by atoms with van der Waals surface area (Å²) in [6.45, 7) is 2.01. The Kier molecular flexibility index (Phi) is 9.16. The number of sulfonamides is 1. The molecule has 2 rings (SSSR count). The van der Waals surface area contributed by atoms with Gasteiger partial charge in [-0.05, 0) is 24.3 Å². The van der Waals surface area contributed by atoms with Gasteiger partial charge in [0.1, 0.15) is 11.3 Å². The summed E-state index contributed by atoms with van der Waals surface area (Å²) in [6.07, 6.45) is 1.95. The number of nitrogens with one attached hydrogen (secondary N) is 1. The van der Waals surface area contributed by atoms with Gasteiger partial charge in [-0.2, -0.15) is 0 Å². The van der Waals surface area contributed by atoms with Gasteiger partial charge in [-0.15, -0.1) is 0 Å². The zero-order valence-electron chi connectivity index (χ0n) is 14.6. The molecule has 0 aliphatic rings. The number of fused-ring (bicyclic) bond motifs is 1. The highest BCUT2D eigenvalue weighted by Gasteiger charge is 2.06. The van der Waals surface area contributed by atoms with Crippen LogP contribution in [0.1, 0.15) is 12.7 Å². The van der Waals surface area contributed by atoms with Crippen LogP contribution in [0.3, 0.4) is 0 Å². The first kappa shape index (κ1) is 24.4. The predicted octanol–water partition coefficient (Wildman–Crippen LogP) is 0.678. The fraction of sp³-hybridized carbons (Fsp3) is 0.200. The van der Waals surface area contributed by atoms with Gasteiger partial charge in [0.05, 0.1) is 6.26 Å². The highest BCUT2D eigenvalue weighted by atomic mass is 32.2. The Morgan fingerprint density at radius 2 is 1.39 bits per heavy atom. The smallest absolute Gasteiger partial charge is 0.414 e. The molecular weight excluding hydrogens is 402 g/mol. The van der Waals surface area contributed by atoms with Gasteiger partial charge in [-0.1, -0.05) is 6.92 Å². The van der Waals surface area contributed by atoms with Crippen LogP contribution in [0.2, 0.25) is 0 Å². The fourth-order valence-corrected chi connectivity index (χ4v) is 2.11.